The van der Waals surface area contributed by atoms with E-state index in [1.807, 2.05) is 13.8 Å². The van der Waals surface area contributed by atoms with Gasteiger partial charge in [0.1, 0.15) is 12.4 Å². The molecule has 6 heteroatoms. The van der Waals surface area contributed by atoms with Crippen molar-refractivity contribution in [3.05, 3.63) is 50.6 Å². The number of aromatic nitrogens is 1. The zero-order valence-corrected chi connectivity index (χ0v) is 12.7. The average Bonchev–Trinajstić information content (AvgIpc) is 2.85. The second-order valence-electron chi connectivity index (χ2n) is 4.88. The average molecular weight is 307 g/mol. The van der Waals surface area contributed by atoms with Crippen molar-refractivity contribution in [3.63, 3.8) is 0 Å². The van der Waals surface area contributed by atoms with Crippen molar-refractivity contribution >= 4 is 17.3 Å². The Bertz CT molecular complexity index is 687. The maximum absolute atomic E-state index is 11.5. The molecule has 0 bridgehead atoms. The standard InChI is InChI=1S/C15H17NO4S/c1-10(2)12-9-11(14(21-12)15(18)19)20-8-7-16-6-4-3-5-13(16)17/h3-6,9-10H,7-8H2,1-2H3,(H,18,19). The van der Waals surface area contributed by atoms with Crippen LogP contribution in [0.5, 0.6) is 5.75 Å². The van der Waals surface area contributed by atoms with Gasteiger partial charge in [-0.25, -0.2) is 4.79 Å². The van der Waals surface area contributed by atoms with Crippen LogP contribution in [-0.2, 0) is 6.54 Å². The molecule has 2 rings (SSSR count). The minimum Gasteiger partial charge on any atom is -0.490 e. The summed E-state index contributed by atoms with van der Waals surface area (Å²) in [5, 5.41) is 9.20. The summed E-state index contributed by atoms with van der Waals surface area (Å²) in [6.45, 7) is 4.64. The summed E-state index contributed by atoms with van der Waals surface area (Å²) >= 11 is 1.23. The first-order valence-electron chi connectivity index (χ1n) is 6.64. The monoisotopic (exact) mass is 307 g/mol. The lowest BCUT2D eigenvalue weighted by Gasteiger charge is -2.07. The summed E-state index contributed by atoms with van der Waals surface area (Å²) in [5.41, 5.74) is -0.104. The molecule has 0 saturated heterocycles. The highest BCUT2D eigenvalue weighted by Crippen LogP contribution is 2.33. The van der Waals surface area contributed by atoms with Gasteiger partial charge >= 0.3 is 5.97 Å². The molecule has 0 unspecified atom stereocenters. The minimum absolute atomic E-state index is 0.104. The first kappa shape index (κ1) is 15.3. The van der Waals surface area contributed by atoms with Crippen LogP contribution in [0.2, 0.25) is 0 Å². The summed E-state index contributed by atoms with van der Waals surface area (Å²) < 4.78 is 7.08. The fraction of sp³-hybridized carbons (Fsp3) is 0.333. The highest BCUT2D eigenvalue weighted by molar-refractivity contribution is 7.14. The molecule has 0 atom stereocenters. The summed E-state index contributed by atoms with van der Waals surface area (Å²) in [6, 6.07) is 6.69. The molecule has 0 spiro atoms. The van der Waals surface area contributed by atoms with E-state index in [1.54, 1.807) is 24.4 Å². The van der Waals surface area contributed by atoms with Crippen molar-refractivity contribution in [1.29, 1.82) is 0 Å². The lowest BCUT2D eigenvalue weighted by atomic mass is 10.2. The van der Waals surface area contributed by atoms with Gasteiger partial charge in [-0.05, 0) is 18.1 Å². The lowest BCUT2D eigenvalue weighted by Crippen LogP contribution is -2.21. The van der Waals surface area contributed by atoms with Crippen LogP contribution < -0.4 is 10.3 Å². The largest absolute Gasteiger partial charge is 0.490 e. The second kappa shape index (κ2) is 6.58. The Hall–Kier alpha value is -2.08. The molecule has 0 aliphatic carbocycles. The van der Waals surface area contributed by atoms with E-state index >= 15 is 0 Å². The van der Waals surface area contributed by atoms with Gasteiger partial charge in [0.2, 0.25) is 0 Å². The van der Waals surface area contributed by atoms with Crippen LogP contribution in [-0.4, -0.2) is 22.2 Å². The summed E-state index contributed by atoms with van der Waals surface area (Å²) in [5.74, 6) is -0.360. The number of carbonyl (C=O) groups is 1. The van der Waals surface area contributed by atoms with Gasteiger partial charge in [-0.2, -0.15) is 0 Å². The fourth-order valence-electron chi connectivity index (χ4n) is 1.83. The predicted octanol–water partition coefficient (Wildman–Crippen LogP) is 2.81. The van der Waals surface area contributed by atoms with Gasteiger partial charge in [-0.15, -0.1) is 11.3 Å². The zero-order valence-electron chi connectivity index (χ0n) is 11.9. The van der Waals surface area contributed by atoms with Gasteiger partial charge in [0, 0.05) is 17.1 Å². The molecular formula is C15H17NO4S. The normalized spacial score (nSPS) is 10.8. The van der Waals surface area contributed by atoms with E-state index in [-0.39, 0.29) is 23.0 Å². The quantitative estimate of drug-likeness (QED) is 0.891. The van der Waals surface area contributed by atoms with Gasteiger partial charge < -0.3 is 14.4 Å². The van der Waals surface area contributed by atoms with Crippen molar-refractivity contribution in [2.45, 2.75) is 26.3 Å². The molecule has 0 fully saturated rings. The van der Waals surface area contributed by atoms with E-state index < -0.39 is 5.97 Å². The fourth-order valence-corrected chi connectivity index (χ4v) is 2.78. The Kier molecular flexibility index (Phi) is 4.80. The van der Waals surface area contributed by atoms with Crippen molar-refractivity contribution < 1.29 is 14.6 Å². The predicted molar refractivity (Wildman–Crippen MR) is 81.6 cm³/mol. The van der Waals surface area contributed by atoms with Crippen LogP contribution in [0, 0.1) is 0 Å². The molecule has 0 radical (unpaired) electrons. The number of carboxylic acids is 1. The molecule has 1 N–H and O–H groups in total. The first-order chi connectivity index (χ1) is 9.99. The number of pyridine rings is 1. The summed E-state index contributed by atoms with van der Waals surface area (Å²) in [4.78, 5) is 23.9. The topological polar surface area (TPSA) is 68.5 Å². The Balaban J connectivity index is 2.08. The zero-order chi connectivity index (χ0) is 15.4. The Morgan fingerprint density at radius 2 is 2.19 bits per heavy atom. The summed E-state index contributed by atoms with van der Waals surface area (Å²) in [7, 11) is 0. The van der Waals surface area contributed by atoms with Gasteiger partial charge in [0.15, 0.2) is 4.88 Å². The van der Waals surface area contributed by atoms with E-state index in [9.17, 15) is 14.7 Å². The van der Waals surface area contributed by atoms with Crippen LogP contribution in [0.25, 0.3) is 0 Å². The van der Waals surface area contributed by atoms with Gasteiger partial charge in [-0.1, -0.05) is 19.9 Å². The highest BCUT2D eigenvalue weighted by Gasteiger charge is 2.18. The Labute approximate surface area is 126 Å². The van der Waals surface area contributed by atoms with E-state index in [4.69, 9.17) is 4.74 Å². The van der Waals surface area contributed by atoms with Crippen LogP contribution in [0.3, 0.4) is 0 Å². The molecule has 0 aromatic carbocycles. The third-order valence-electron chi connectivity index (χ3n) is 2.97. The van der Waals surface area contributed by atoms with Crippen LogP contribution in [0.4, 0.5) is 0 Å². The SMILES string of the molecule is CC(C)c1cc(OCCn2ccccc2=O)c(C(=O)O)s1. The molecule has 0 aliphatic rings. The van der Waals surface area contributed by atoms with E-state index in [1.165, 1.54) is 22.0 Å². The maximum atomic E-state index is 11.5. The highest BCUT2D eigenvalue weighted by atomic mass is 32.1. The smallest absolute Gasteiger partial charge is 0.349 e. The molecule has 5 nitrogen and oxygen atoms in total. The lowest BCUT2D eigenvalue weighted by molar-refractivity contribution is 0.0698. The molecule has 21 heavy (non-hydrogen) atoms. The van der Waals surface area contributed by atoms with Gasteiger partial charge in [-0.3, -0.25) is 4.79 Å². The Morgan fingerprint density at radius 1 is 1.43 bits per heavy atom. The molecule has 0 saturated carbocycles. The molecule has 0 aliphatic heterocycles. The number of hydrogen-bond donors (Lipinski definition) is 1. The number of thiophene rings is 1. The first-order valence-corrected chi connectivity index (χ1v) is 7.46. The van der Waals surface area contributed by atoms with Crippen molar-refractivity contribution in [1.82, 2.24) is 4.57 Å². The molecule has 112 valence electrons. The third-order valence-corrected chi connectivity index (χ3v) is 4.37. The number of hydrogen-bond acceptors (Lipinski definition) is 4. The molecule has 2 heterocycles. The number of rotatable bonds is 6. The number of aromatic carboxylic acids is 1. The number of nitrogens with zero attached hydrogens (tertiary/aromatic N) is 1. The third kappa shape index (κ3) is 3.72. The Morgan fingerprint density at radius 3 is 2.81 bits per heavy atom. The molecule has 2 aromatic rings. The maximum Gasteiger partial charge on any atom is 0.349 e. The van der Waals surface area contributed by atoms with Crippen molar-refractivity contribution in [3.8, 4) is 5.75 Å². The summed E-state index contributed by atoms with van der Waals surface area (Å²) in [6.07, 6.45) is 1.68. The number of ether oxygens (including phenoxy) is 1. The minimum atomic E-state index is -0.987. The van der Waals surface area contributed by atoms with Crippen LogP contribution in [0.15, 0.2) is 35.3 Å². The number of carboxylic acid groups (broad SMARTS) is 1. The van der Waals surface area contributed by atoms with E-state index in [0.29, 0.717) is 12.3 Å². The van der Waals surface area contributed by atoms with Crippen molar-refractivity contribution in [2.75, 3.05) is 6.61 Å². The van der Waals surface area contributed by atoms with Crippen molar-refractivity contribution in [2.24, 2.45) is 0 Å². The molecule has 0 amide bonds. The molecule has 2 aromatic heterocycles. The van der Waals surface area contributed by atoms with Gasteiger partial charge in [0.25, 0.3) is 5.56 Å². The van der Waals surface area contributed by atoms with E-state index in [0.717, 1.165) is 4.88 Å². The van der Waals surface area contributed by atoms with Crippen LogP contribution in [0.1, 0.15) is 34.3 Å². The van der Waals surface area contributed by atoms with Crippen LogP contribution >= 0.6 is 11.3 Å². The van der Waals surface area contributed by atoms with E-state index in [2.05, 4.69) is 0 Å². The second-order valence-corrected chi connectivity index (χ2v) is 5.97. The molecular weight excluding hydrogens is 290 g/mol. The van der Waals surface area contributed by atoms with Gasteiger partial charge in [0.05, 0.1) is 6.54 Å².